The van der Waals surface area contributed by atoms with Crippen LogP contribution in [0.2, 0.25) is 0 Å². The van der Waals surface area contributed by atoms with Crippen molar-refractivity contribution in [1.82, 2.24) is 0 Å². The molecule has 106 valence electrons. The Balaban J connectivity index is 2.25. The van der Waals surface area contributed by atoms with Gasteiger partial charge in [0.25, 0.3) is 0 Å². The molecule has 2 nitrogen and oxygen atoms in total. The molecule has 0 saturated carbocycles. The van der Waals surface area contributed by atoms with Crippen molar-refractivity contribution in [3.05, 3.63) is 65.2 Å². The molecule has 0 fully saturated rings. The summed E-state index contributed by atoms with van der Waals surface area (Å²) in [5, 5.41) is 0. The highest BCUT2D eigenvalue weighted by atomic mass is 19.1. The van der Waals surface area contributed by atoms with Gasteiger partial charge >= 0.3 is 0 Å². The van der Waals surface area contributed by atoms with E-state index >= 15 is 0 Å². The van der Waals surface area contributed by atoms with Gasteiger partial charge in [0, 0.05) is 6.07 Å². The van der Waals surface area contributed by atoms with Crippen molar-refractivity contribution in [3.63, 3.8) is 0 Å². The summed E-state index contributed by atoms with van der Waals surface area (Å²) in [4.78, 5) is 0. The summed E-state index contributed by atoms with van der Waals surface area (Å²) in [6, 6.07) is 9.98. The smallest absolute Gasteiger partial charge is 0.126 e. The summed E-state index contributed by atoms with van der Waals surface area (Å²) in [6.07, 6.45) is 0.908. The summed E-state index contributed by atoms with van der Waals surface area (Å²) >= 11 is 0. The average molecular weight is 277 g/mol. The first-order valence-electron chi connectivity index (χ1n) is 6.54. The lowest BCUT2D eigenvalue weighted by Gasteiger charge is -2.14. The van der Waals surface area contributed by atoms with Gasteiger partial charge in [0.15, 0.2) is 0 Å². The van der Waals surface area contributed by atoms with E-state index in [1.807, 2.05) is 25.1 Å². The second-order valence-corrected chi connectivity index (χ2v) is 4.60. The van der Waals surface area contributed by atoms with Crippen molar-refractivity contribution < 1.29 is 13.5 Å². The largest absolute Gasteiger partial charge is 0.494 e. The Labute approximate surface area is 117 Å². The third kappa shape index (κ3) is 3.54. The third-order valence-corrected chi connectivity index (χ3v) is 2.93. The van der Waals surface area contributed by atoms with Crippen LogP contribution in [0.25, 0.3) is 0 Å². The molecule has 0 aliphatic carbocycles. The molecule has 2 aromatic carbocycles. The molecule has 0 bridgehead atoms. The topological polar surface area (TPSA) is 35.2 Å². The molecule has 0 aromatic heterocycles. The molecule has 2 N–H and O–H groups in total. The molecule has 0 heterocycles. The van der Waals surface area contributed by atoms with E-state index in [1.54, 1.807) is 6.07 Å². The van der Waals surface area contributed by atoms with Gasteiger partial charge in [-0.05, 0) is 41.8 Å². The lowest BCUT2D eigenvalue weighted by Crippen LogP contribution is -2.12. The van der Waals surface area contributed by atoms with Gasteiger partial charge in [-0.2, -0.15) is 0 Å². The van der Waals surface area contributed by atoms with Crippen LogP contribution in [-0.2, 0) is 0 Å². The Bertz CT molecular complexity index is 566. The predicted molar refractivity (Wildman–Crippen MR) is 74.6 cm³/mol. The highest BCUT2D eigenvalue weighted by Gasteiger charge is 2.12. The molecule has 0 aliphatic heterocycles. The highest BCUT2D eigenvalue weighted by molar-refractivity contribution is 5.36. The van der Waals surface area contributed by atoms with Crippen LogP contribution in [0, 0.1) is 11.6 Å². The molecule has 0 aliphatic rings. The molecule has 1 unspecified atom stereocenters. The van der Waals surface area contributed by atoms with Gasteiger partial charge in [-0.15, -0.1) is 0 Å². The summed E-state index contributed by atoms with van der Waals surface area (Å²) in [5.41, 5.74) is 7.21. The van der Waals surface area contributed by atoms with Gasteiger partial charge < -0.3 is 10.5 Å². The highest BCUT2D eigenvalue weighted by Crippen LogP contribution is 2.24. The fraction of sp³-hybridized carbons (Fsp3) is 0.250. The Morgan fingerprint density at radius 1 is 1.05 bits per heavy atom. The Morgan fingerprint density at radius 2 is 1.75 bits per heavy atom. The number of nitrogens with two attached hydrogens (primary N) is 1. The number of ether oxygens (including phenoxy) is 1. The third-order valence-electron chi connectivity index (χ3n) is 2.93. The predicted octanol–water partition coefficient (Wildman–Crippen LogP) is 3.80. The summed E-state index contributed by atoms with van der Waals surface area (Å²) in [7, 11) is 0. The normalized spacial score (nSPS) is 12.2. The molecule has 1 atom stereocenters. The molecule has 4 heteroatoms. The molecular formula is C16H17F2NO. The fourth-order valence-electron chi connectivity index (χ4n) is 1.96. The molecule has 0 radical (unpaired) electrons. The minimum Gasteiger partial charge on any atom is -0.494 e. The lowest BCUT2D eigenvalue weighted by atomic mass is 9.99. The molecule has 0 spiro atoms. The van der Waals surface area contributed by atoms with Gasteiger partial charge in [0.05, 0.1) is 12.6 Å². The first kappa shape index (κ1) is 14.5. The van der Waals surface area contributed by atoms with E-state index in [4.69, 9.17) is 10.5 Å². The Hall–Kier alpha value is -1.94. The summed E-state index contributed by atoms with van der Waals surface area (Å²) < 4.78 is 32.0. The van der Waals surface area contributed by atoms with Crippen molar-refractivity contribution in [3.8, 4) is 5.75 Å². The number of hydrogen-bond acceptors (Lipinski definition) is 2. The maximum Gasteiger partial charge on any atom is 0.126 e. The Morgan fingerprint density at radius 3 is 2.40 bits per heavy atom. The van der Waals surface area contributed by atoms with Crippen LogP contribution >= 0.6 is 0 Å². The van der Waals surface area contributed by atoms with Gasteiger partial charge in [0.2, 0.25) is 0 Å². The van der Waals surface area contributed by atoms with E-state index in [9.17, 15) is 8.78 Å². The maximum atomic E-state index is 13.2. The standard InChI is InChI=1S/C16H17F2NO/c1-2-6-20-15-5-3-4-11(9-15)16(19)12-7-13(17)10-14(18)8-12/h3-5,7-10,16H,2,6,19H2,1H3. The zero-order valence-electron chi connectivity index (χ0n) is 11.3. The number of hydrogen-bond donors (Lipinski definition) is 1. The second kappa shape index (κ2) is 6.48. The van der Waals surface area contributed by atoms with Crippen LogP contribution in [0.3, 0.4) is 0 Å². The van der Waals surface area contributed by atoms with Gasteiger partial charge in [-0.3, -0.25) is 0 Å². The zero-order valence-corrected chi connectivity index (χ0v) is 11.3. The Kier molecular flexibility index (Phi) is 4.69. The van der Waals surface area contributed by atoms with Gasteiger partial charge in [-0.1, -0.05) is 19.1 Å². The molecule has 2 rings (SSSR count). The average Bonchev–Trinajstić information content (AvgIpc) is 2.43. The minimum atomic E-state index is -0.631. The number of halogens is 2. The van der Waals surface area contributed by atoms with Crippen molar-refractivity contribution >= 4 is 0 Å². The monoisotopic (exact) mass is 277 g/mol. The van der Waals surface area contributed by atoms with Crippen LogP contribution in [0.15, 0.2) is 42.5 Å². The summed E-state index contributed by atoms with van der Waals surface area (Å²) in [5.74, 6) is -0.556. The zero-order chi connectivity index (χ0) is 14.5. The fourth-order valence-corrected chi connectivity index (χ4v) is 1.96. The van der Waals surface area contributed by atoms with E-state index in [1.165, 1.54) is 12.1 Å². The van der Waals surface area contributed by atoms with Gasteiger partial charge in [-0.25, -0.2) is 8.78 Å². The minimum absolute atomic E-state index is 0.398. The van der Waals surface area contributed by atoms with E-state index in [-0.39, 0.29) is 0 Å². The van der Waals surface area contributed by atoms with Crippen LogP contribution in [0.4, 0.5) is 8.78 Å². The molecule has 20 heavy (non-hydrogen) atoms. The van der Waals surface area contributed by atoms with Crippen molar-refractivity contribution in [2.45, 2.75) is 19.4 Å². The first-order chi connectivity index (χ1) is 9.60. The first-order valence-corrected chi connectivity index (χ1v) is 6.54. The van der Waals surface area contributed by atoms with E-state index in [0.717, 1.165) is 18.1 Å². The quantitative estimate of drug-likeness (QED) is 0.902. The summed E-state index contributed by atoms with van der Waals surface area (Å²) in [6.45, 7) is 2.64. The van der Waals surface area contributed by atoms with Crippen LogP contribution in [0.5, 0.6) is 5.75 Å². The second-order valence-electron chi connectivity index (χ2n) is 4.60. The van der Waals surface area contributed by atoms with E-state index in [0.29, 0.717) is 17.9 Å². The van der Waals surface area contributed by atoms with Crippen molar-refractivity contribution in [2.24, 2.45) is 5.73 Å². The molecular weight excluding hydrogens is 260 g/mol. The number of benzene rings is 2. The van der Waals surface area contributed by atoms with Gasteiger partial charge in [0.1, 0.15) is 17.4 Å². The van der Waals surface area contributed by atoms with Crippen molar-refractivity contribution in [1.29, 1.82) is 0 Å². The SMILES string of the molecule is CCCOc1cccc(C(N)c2cc(F)cc(F)c2)c1. The van der Waals surface area contributed by atoms with E-state index in [2.05, 4.69) is 0 Å². The van der Waals surface area contributed by atoms with E-state index < -0.39 is 17.7 Å². The molecule has 0 saturated heterocycles. The lowest BCUT2D eigenvalue weighted by molar-refractivity contribution is 0.317. The molecule has 0 amide bonds. The van der Waals surface area contributed by atoms with Crippen LogP contribution in [-0.4, -0.2) is 6.61 Å². The van der Waals surface area contributed by atoms with Crippen molar-refractivity contribution in [2.75, 3.05) is 6.61 Å². The van der Waals surface area contributed by atoms with Crippen LogP contribution in [0.1, 0.15) is 30.5 Å². The molecule has 2 aromatic rings. The maximum absolute atomic E-state index is 13.2. The number of rotatable bonds is 5. The van der Waals surface area contributed by atoms with Crippen LogP contribution < -0.4 is 10.5 Å².